The van der Waals surface area contributed by atoms with Crippen LogP contribution in [0.2, 0.25) is 0 Å². The molecule has 2 unspecified atom stereocenters. The molecule has 2 heterocycles. The second kappa shape index (κ2) is 11.4. The van der Waals surface area contributed by atoms with E-state index in [1.165, 1.54) is 12.3 Å². The molecule has 1 aliphatic heterocycles. The SMILES string of the molecule is COCC[C@@H](NC(=O)Nc1cc(N)c(C(=N)OC2CCOC(C)C2)cn1)c1ccccc1. The van der Waals surface area contributed by atoms with Gasteiger partial charge in [-0.2, -0.15) is 0 Å². The molecule has 2 aromatic rings. The number of ether oxygens (including phenoxy) is 3. The Morgan fingerprint density at radius 2 is 2.16 bits per heavy atom. The quantitative estimate of drug-likeness (QED) is 0.366. The maximum Gasteiger partial charge on any atom is 0.320 e. The molecule has 1 aliphatic rings. The topological polar surface area (TPSA) is 132 Å². The summed E-state index contributed by atoms with van der Waals surface area (Å²) in [4.78, 5) is 16.8. The molecule has 5 N–H and O–H groups in total. The van der Waals surface area contributed by atoms with Gasteiger partial charge in [0.1, 0.15) is 11.9 Å². The van der Waals surface area contributed by atoms with Gasteiger partial charge in [0.2, 0.25) is 5.90 Å². The van der Waals surface area contributed by atoms with E-state index < -0.39 is 6.03 Å². The molecular weight excluding hydrogens is 410 g/mol. The van der Waals surface area contributed by atoms with E-state index in [1.807, 2.05) is 37.3 Å². The van der Waals surface area contributed by atoms with Crippen molar-refractivity contribution in [3.8, 4) is 0 Å². The summed E-state index contributed by atoms with van der Waals surface area (Å²) in [6.45, 7) is 3.10. The fourth-order valence-corrected chi connectivity index (χ4v) is 3.58. The number of hydrogen-bond acceptors (Lipinski definition) is 7. The number of benzene rings is 1. The molecule has 2 amide bonds. The van der Waals surface area contributed by atoms with Crippen LogP contribution in [0.25, 0.3) is 0 Å². The van der Waals surface area contributed by atoms with E-state index in [-0.39, 0.29) is 30.0 Å². The number of hydrogen-bond donors (Lipinski definition) is 4. The van der Waals surface area contributed by atoms with Crippen LogP contribution in [0.15, 0.2) is 42.6 Å². The fourth-order valence-electron chi connectivity index (χ4n) is 3.58. The summed E-state index contributed by atoms with van der Waals surface area (Å²) in [7, 11) is 1.63. The molecule has 9 heteroatoms. The zero-order valence-corrected chi connectivity index (χ0v) is 18.5. The van der Waals surface area contributed by atoms with E-state index in [2.05, 4.69) is 15.6 Å². The van der Waals surface area contributed by atoms with Gasteiger partial charge in [-0.15, -0.1) is 0 Å². The molecule has 0 saturated carbocycles. The van der Waals surface area contributed by atoms with Crippen molar-refractivity contribution in [2.24, 2.45) is 0 Å². The number of amides is 2. The monoisotopic (exact) mass is 441 g/mol. The van der Waals surface area contributed by atoms with Crippen molar-refractivity contribution in [2.45, 2.75) is 44.4 Å². The smallest absolute Gasteiger partial charge is 0.320 e. The summed E-state index contributed by atoms with van der Waals surface area (Å²) >= 11 is 0. The number of nitrogens with zero attached hydrogens (tertiary/aromatic N) is 1. The Morgan fingerprint density at radius 1 is 1.38 bits per heavy atom. The molecule has 0 aliphatic carbocycles. The molecular formula is C23H31N5O4. The van der Waals surface area contributed by atoms with Gasteiger partial charge in [-0.25, -0.2) is 9.78 Å². The van der Waals surface area contributed by atoms with Crippen molar-refractivity contribution < 1.29 is 19.0 Å². The van der Waals surface area contributed by atoms with Gasteiger partial charge >= 0.3 is 6.03 Å². The zero-order valence-electron chi connectivity index (χ0n) is 18.5. The normalized spacial score (nSPS) is 19.1. The highest BCUT2D eigenvalue weighted by Gasteiger charge is 2.23. The first kappa shape index (κ1) is 23.5. The molecule has 3 rings (SSSR count). The first-order valence-electron chi connectivity index (χ1n) is 10.7. The van der Waals surface area contributed by atoms with Crippen LogP contribution >= 0.6 is 0 Å². The zero-order chi connectivity index (χ0) is 22.9. The fraction of sp³-hybridized carbons (Fsp3) is 0.435. The number of urea groups is 1. The summed E-state index contributed by atoms with van der Waals surface area (Å²) in [5.41, 5.74) is 7.79. The Morgan fingerprint density at radius 3 is 2.84 bits per heavy atom. The van der Waals surface area contributed by atoms with Crippen LogP contribution in [-0.4, -0.2) is 49.4 Å². The third-order valence-electron chi connectivity index (χ3n) is 5.26. The van der Waals surface area contributed by atoms with Crippen LogP contribution in [0.5, 0.6) is 0 Å². The third kappa shape index (κ3) is 6.66. The van der Waals surface area contributed by atoms with Crippen LogP contribution in [-0.2, 0) is 14.2 Å². The molecule has 0 spiro atoms. The predicted molar refractivity (Wildman–Crippen MR) is 123 cm³/mol. The minimum absolute atomic E-state index is 0.0335. The number of rotatable bonds is 8. The average Bonchev–Trinajstić information content (AvgIpc) is 2.77. The number of nitrogen functional groups attached to an aromatic ring is 1. The number of aromatic nitrogens is 1. The number of carbonyl (C=O) groups excluding carboxylic acids is 1. The molecule has 0 radical (unpaired) electrons. The Balaban J connectivity index is 1.60. The van der Waals surface area contributed by atoms with Gasteiger partial charge in [-0.3, -0.25) is 10.7 Å². The van der Waals surface area contributed by atoms with E-state index >= 15 is 0 Å². The van der Waals surface area contributed by atoms with Crippen molar-refractivity contribution >= 4 is 23.4 Å². The van der Waals surface area contributed by atoms with Gasteiger partial charge in [-0.05, 0) is 18.9 Å². The highest BCUT2D eigenvalue weighted by atomic mass is 16.5. The molecule has 0 bridgehead atoms. The number of carbonyl (C=O) groups is 1. The summed E-state index contributed by atoms with van der Waals surface area (Å²) in [6, 6.07) is 10.6. The number of nitrogens with one attached hydrogen (secondary N) is 3. The molecule has 1 aromatic carbocycles. The Bertz CT molecular complexity index is 909. The third-order valence-corrected chi connectivity index (χ3v) is 5.26. The average molecular weight is 442 g/mol. The van der Waals surface area contributed by atoms with Crippen LogP contribution in [0.3, 0.4) is 0 Å². The van der Waals surface area contributed by atoms with Crippen molar-refractivity contribution in [1.82, 2.24) is 10.3 Å². The maximum absolute atomic E-state index is 12.6. The van der Waals surface area contributed by atoms with Crippen molar-refractivity contribution in [3.05, 3.63) is 53.7 Å². The van der Waals surface area contributed by atoms with E-state index in [0.29, 0.717) is 30.9 Å². The van der Waals surface area contributed by atoms with E-state index in [9.17, 15) is 4.79 Å². The number of pyridine rings is 1. The van der Waals surface area contributed by atoms with E-state index in [0.717, 1.165) is 18.4 Å². The number of nitrogens with two attached hydrogens (primary N) is 1. The summed E-state index contributed by atoms with van der Waals surface area (Å²) in [6.07, 6.45) is 3.53. The molecule has 1 aromatic heterocycles. The van der Waals surface area contributed by atoms with Gasteiger partial charge in [0.25, 0.3) is 0 Å². The second-order valence-corrected chi connectivity index (χ2v) is 7.77. The Hall–Kier alpha value is -3.17. The van der Waals surface area contributed by atoms with Crippen molar-refractivity contribution in [2.75, 3.05) is 31.4 Å². The van der Waals surface area contributed by atoms with Crippen LogP contribution in [0, 0.1) is 5.41 Å². The number of anilines is 2. The van der Waals surface area contributed by atoms with Gasteiger partial charge in [0.15, 0.2) is 0 Å². The highest BCUT2D eigenvalue weighted by Crippen LogP contribution is 2.22. The summed E-state index contributed by atoms with van der Waals surface area (Å²) < 4.78 is 16.4. The molecule has 1 fully saturated rings. The minimum atomic E-state index is -0.405. The molecule has 3 atom stereocenters. The van der Waals surface area contributed by atoms with Gasteiger partial charge in [0.05, 0.1) is 24.3 Å². The lowest BCUT2D eigenvalue weighted by Crippen LogP contribution is -2.33. The van der Waals surface area contributed by atoms with Gasteiger partial charge in [-0.1, -0.05) is 30.3 Å². The van der Waals surface area contributed by atoms with E-state index in [1.54, 1.807) is 7.11 Å². The predicted octanol–water partition coefficient (Wildman–Crippen LogP) is 3.47. The highest BCUT2D eigenvalue weighted by molar-refractivity contribution is 5.98. The van der Waals surface area contributed by atoms with Crippen LogP contribution < -0.4 is 16.4 Å². The van der Waals surface area contributed by atoms with Crippen LogP contribution in [0.4, 0.5) is 16.3 Å². The van der Waals surface area contributed by atoms with E-state index in [4.69, 9.17) is 25.4 Å². The first-order chi connectivity index (χ1) is 15.5. The second-order valence-electron chi connectivity index (χ2n) is 7.77. The Kier molecular flexibility index (Phi) is 8.41. The van der Waals surface area contributed by atoms with Crippen LogP contribution in [0.1, 0.15) is 43.4 Å². The maximum atomic E-state index is 12.6. The summed E-state index contributed by atoms with van der Waals surface area (Å²) in [5.74, 6) is 0.253. The molecule has 32 heavy (non-hydrogen) atoms. The standard InChI is InChI=1S/C23H31N5O4/c1-15-12-17(8-11-31-15)32-22(25)18-14-26-21(13-19(18)24)28-23(29)27-20(9-10-30-2)16-6-4-3-5-7-16/h3-7,13-15,17,20,25H,8-12H2,1-2H3,(H4,24,26,27,28,29)/t15?,17?,20-/m1/s1. The first-order valence-corrected chi connectivity index (χ1v) is 10.7. The lowest BCUT2D eigenvalue weighted by atomic mass is 10.0. The summed E-state index contributed by atoms with van der Waals surface area (Å²) in [5, 5.41) is 13.9. The number of methoxy groups -OCH3 is 1. The van der Waals surface area contributed by atoms with Gasteiger partial charge < -0.3 is 25.3 Å². The minimum Gasteiger partial charge on any atom is -0.474 e. The molecule has 1 saturated heterocycles. The largest absolute Gasteiger partial charge is 0.474 e. The molecule has 172 valence electrons. The lowest BCUT2D eigenvalue weighted by molar-refractivity contribution is -0.0291. The van der Waals surface area contributed by atoms with Gasteiger partial charge in [0, 0.05) is 44.5 Å². The lowest BCUT2D eigenvalue weighted by Gasteiger charge is -2.28. The van der Waals surface area contributed by atoms with Crippen molar-refractivity contribution in [3.63, 3.8) is 0 Å². The van der Waals surface area contributed by atoms with Crippen molar-refractivity contribution in [1.29, 1.82) is 5.41 Å². The molecule has 9 nitrogen and oxygen atoms in total. The Labute approximate surface area is 188 Å².